The van der Waals surface area contributed by atoms with Gasteiger partial charge in [-0.05, 0) is 55.9 Å². The Hall–Kier alpha value is -2.23. The monoisotopic (exact) mass is 527 g/mol. The van der Waals surface area contributed by atoms with E-state index in [0.29, 0.717) is 17.2 Å². The number of aromatic nitrogens is 1. The minimum absolute atomic E-state index is 0.199. The molecule has 10 heteroatoms. The van der Waals surface area contributed by atoms with Gasteiger partial charge in [0, 0.05) is 35.4 Å². The second-order valence-corrected chi connectivity index (χ2v) is 10.1. The Bertz CT molecular complexity index is 1120. The van der Waals surface area contributed by atoms with Crippen molar-refractivity contribution in [3.63, 3.8) is 0 Å². The lowest BCUT2D eigenvalue weighted by Gasteiger charge is -2.29. The Labute approximate surface area is 212 Å². The van der Waals surface area contributed by atoms with Gasteiger partial charge in [-0.3, -0.25) is 9.78 Å². The molecular formula is C25H29ClF3N3O2S. The van der Waals surface area contributed by atoms with Crippen LogP contribution in [-0.2, 0) is 4.79 Å². The normalized spacial score (nSPS) is 18.9. The number of rotatable bonds is 12. The van der Waals surface area contributed by atoms with Crippen LogP contribution in [0.15, 0.2) is 52.8 Å². The van der Waals surface area contributed by atoms with Gasteiger partial charge in [0.15, 0.2) is 11.6 Å². The number of carbonyl (C=O) groups excluding carboxylic acids is 1. The predicted molar refractivity (Wildman–Crippen MR) is 136 cm³/mol. The van der Waals surface area contributed by atoms with Gasteiger partial charge in [0.25, 0.3) is 12.3 Å². The van der Waals surface area contributed by atoms with E-state index < -0.39 is 28.8 Å². The highest BCUT2D eigenvalue weighted by Crippen LogP contribution is 2.38. The largest absolute Gasteiger partial charge is 0.384 e. The Balaban J connectivity index is 1.48. The Morgan fingerprint density at radius 3 is 2.71 bits per heavy atom. The molecule has 1 aliphatic rings. The number of pyridine rings is 1. The molecule has 1 amide bonds. The highest BCUT2D eigenvalue weighted by molar-refractivity contribution is 8.03. The van der Waals surface area contributed by atoms with E-state index in [1.165, 1.54) is 17.9 Å². The molecule has 1 aliphatic heterocycles. The molecular weight excluding hydrogens is 499 g/mol. The maximum Gasteiger partial charge on any atom is 0.290 e. The first-order valence-electron chi connectivity index (χ1n) is 11.5. The van der Waals surface area contributed by atoms with Gasteiger partial charge in [-0.15, -0.1) is 11.8 Å². The number of alkyl halides is 2. The number of allylic oxidation sites excluding steroid dienone is 1. The third-order valence-corrected chi connectivity index (χ3v) is 6.94. The van der Waals surface area contributed by atoms with E-state index in [4.69, 9.17) is 11.6 Å². The standard InChI is InChI=1S/C25H29ClF3N3O2S/c1-3-35-22(21(27)23(28)29)18-15-25(2,34)32(24(18)33)13-7-5-4-6-11-30-19-10-12-31-20-14-16(26)8-9-17(19)20/h8-10,12,14-15,23,34H,3-7,11,13H2,1-2H3,(H,30,31)/b22-21+. The number of unbranched alkanes of at least 4 members (excludes halogenated alkanes) is 3. The quantitative estimate of drug-likeness (QED) is 0.307. The average Bonchev–Trinajstić information content (AvgIpc) is 3.04. The van der Waals surface area contributed by atoms with E-state index in [2.05, 4.69) is 10.3 Å². The molecule has 0 radical (unpaired) electrons. The number of thioether (sulfide) groups is 1. The summed E-state index contributed by atoms with van der Waals surface area (Å²) in [4.78, 5) is 18.0. The number of halogens is 4. The molecule has 2 N–H and O–H groups in total. The van der Waals surface area contributed by atoms with E-state index in [1.54, 1.807) is 13.1 Å². The van der Waals surface area contributed by atoms with E-state index >= 15 is 0 Å². The number of hydrogen-bond donors (Lipinski definition) is 2. The van der Waals surface area contributed by atoms with Crippen LogP contribution in [0.4, 0.5) is 18.9 Å². The van der Waals surface area contributed by atoms with Crippen LogP contribution >= 0.6 is 23.4 Å². The summed E-state index contributed by atoms with van der Waals surface area (Å²) >= 11 is 6.86. The summed E-state index contributed by atoms with van der Waals surface area (Å²) in [6.07, 6.45) is 2.81. The topological polar surface area (TPSA) is 65.5 Å². The first-order valence-corrected chi connectivity index (χ1v) is 12.9. The maximum atomic E-state index is 14.0. The number of hydrogen-bond acceptors (Lipinski definition) is 5. The van der Waals surface area contributed by atoms with Crippen LogP contribution < -0.4 is 5.32 Å². The average molecular weight is 528 g/mol. The molecule has 1 unspecified atom stereocenters. The fourth-order valence-electron chi connectivity index (χ4n) is 4.02. The second-order valence-electron chi connectivity index (χ2n) is 8.38. The first kappa shape index (κ1) is 27.4. The Kier molecular flexibility index (Phi) is 9.49. The van der Waals surface area contributed by atoms with Gasteiger partial charge < -0.3 is 15.3 Å². The van der Waals surface area contributed by atoms with Crippen LogP contribution in [-0.4, -0.2) is 51.9 Å². The predicted octanol–water partition coefficient (Wildman–Crippen LogP) is 6.54. The van der Waals surface area contributed by atoms with Crippen molar-refractivity contribution < 1.29 is 23.1 Å². The van der Waals surface area contributed by atoms with Crippen molar-refractivity contribution in [2.24, 2.45) is 0 Å². The van der Waals surface area contributed by atoms with Gasteiger partial charge in [-0.1, -0.05) is 31.4 Å². The van der Waals surface area contributed by atoms with Crippen molar-refractivity contribution >= 4 is 45.9 Å². The fraction of sp³-hybridized carbons (Fsp3) is 0.440. The van der Waals surface area contributed by atoms with Gasteiger partial charge in [-0.2, -0.15) is 0 Å². The van der Waals surface area contributed by atoms with Gasteiger partial charge in [0.2, 0.25) is 0 Å². The Morgan fingerprint density at radius 2 is 2.00 bits per heavy atom. The Morgan fingerprint density at radius 1 is 1.26 bits per heavy atom. The number of nitrogens with zero attached hydrogens (tertiary/aromatic N) is 2. The third-order valence-electron chi connectivity index (χ3n) is 5.71. The van der Waals surface area contributed by atoms with Crippen LogP contribution in [0, 0.1) is 0 Å². The molecule has 0 bridgehead atoms. The van der Waals surface area contributed by atoms with Gasteiger partial charge in [-0.25, -0.2) is 13.2 Å². The van der Waals surface area contributed by atoms with Crippen LogP contribution in [0.1, 0.15) is 39.5 Å². The smallest absolute Gasteiger partial charge is 0.290 e. The summed E-state index contributed by atoms with van der Waals surface area (Å²) in [5.74, 6) is -1.95. The summed E-state index contributed by atoms with van der Waals surface area (Å²) in [7, 11) is 0. The van der Waals surface area contributed by atoms with Crippen molar-refractivity contribution in [3.05, 3.63) is 57.9 Å². The van der Waals surface area contributed by atoms with Crippen LogP contribution in [0.3, 0.4) is 0 Å². The maximum absolute atomic E-state index is 14.0. The number of nitrogens with one attached hydrogen (secondary N) is 1. The lowest BCUT2D eigenvalue weighted by atomic mass is 10.1. The van der Waals surface area contributed by atoms with Crippen molar-refractivity contribution in [2.75, 3.05) is 24.2 Å². The number of fused-ring (bicyclic) bond motifs is 1. The zero-order valence-electron chi connectivity index (χ0n) is 19.7. The lowest BCUT2D eigenvalue weighted by molar-refractivity contribution is -0.139. The lowest BCUT2D eigenvalue weighted by Crippen LogP contribution is -2.44. The molecule has 2 aromatic rings. The molecule has 0 saturated heterocycles. The molecule has 190 valence electrons. The number of aliphatic hydroxyl groups is 1. The number of benzene rings is 1. The molecule has 1 atom stereocenters. The van der Waals surface area contributed by atoms with E-state index in [-0.39, 0.29) is 12.1 Å². The van der Waals surface area contributed by atoms with Gasteiger partial charge in [0.05, 0.1) is 16.0 Å². The highest BCUT2D eigenvalue weighted by atomic mass is 35.5. The molecule has 0 spiro atoms. The molecule has 0 aliphatic carbocycles. The number of amides is 1. The highest BCUT2D eigenvalue weighted by Gasteiger charge is 2.42. The minimum atomic E-state index is -3.31. The molecule has 5 nitrogen and oxygen atoms in total. The molecule has 1 aromatic heterocycles. The van der Waals surface area contributed by atoms with Gasteiger partial charge >= 0.3 is 0 Å². The van der Waals surface area contributed by atoms with E-state index in [0.717, 1.165) is 54.2 Å². The summed E-state index contributed by atoms with van der Waals surface area (Å²) in [6.45, 7) is 4.09. The number of anilines is 1. The summed E-state index contributed by atoms with van der Waals surface area (Å²) in [5, 5.41) is 15.7. The summed E-state index contributed by atoms with van der Waals surface area (Å²) in [5.41, 5.74) is -0.0496. The number of carbonyl (C=O) groups is 1. The van der Waals surface area contributed by atoms with Crippen molar-refractivity contribution in [1.29, 1.82) is 0 Å². The van der Waals surface area contributed by atoms with Crippen molar-refractivity contribution in [1.82, 2.24) is 9.88 Å². The van der Waals surface area contributed by atoms with Crippen molar-refractivity contribution in [3.8, 4) is 0 Å². The minimum Gasteiger partial charge on any atom is -0.384 e. The second kappa shape index (κ2) is 12.1. The SMILES string of the molecule is CCS/C(C1=CC(C)(O)N(CCCCCCNc2ccnc3cc(Cl)ccc23)C1=O)=C(/F)C(F)F. The summed E-state index contributed by atoms with van der Waals surface area (Å²) in [6, 6.07) is 7.49. The van der Waals surface area contributed by atoms with Crippen LogP contribution in [0.2, 0.25) is 5.02 Å². The molecule has 3 rings (SSSR count). The third kappa shape index (κ3) is 6.71. The van der Waals surface area contributed by atoms with E-state index in [1.807, 2.05) is 24.3 Å². The molecule has 35 heavy (non-hydrogen) atoms. The van der Waals surface area contributed by atoms with E-state index in [9.17, 15) is 23.1 Å². The summed E-state index contributed by atoms with van der Waals surface area (Å²) < 4.78 is 39.9. The molecule has 0 fully saturated rings. The van der Waals surface area contributed by atoms with Crippen LogP contribution in [0.5, 0.6) is 0 Å². The first-order chi connectivity index (χ1) is 16.7. The molecule has 1 aromatic carbocycles. The van der Waals surface area contributed by atoms with Gasteiger partial charge in [0.1, 0.15) is 0 Å². The zero-order valence-corrected chi connectivity index (χ0v) is 21.2. The zero-order chi connectivity index (χ0) is 25.6. The van der Waals surface area contributed by atoms with Crippen LogP contribution in [0.25, 0.3) is 10.9 Å². The van der Waals surface area contributed by atoms with Crippen molar-refractivity contribution in [2.45, 2.75) is 51.7 Å². The fourth-order valence-corrected chi connectivity index (χ4v) is 5.00. The molecule has 0 saturated carbocycles. The molecule has 2 heterocycles.